The van der Waals surface area contributed by atoms with Crippen LogP contribution in [0.2, 0.25) is 0 Å². The highest BCUT2D eigenvalue weighted by atomic mass is 16.2. The van der Waals surface area contributed by atoms with Gasteiger partial charge in [-0.3, -0.25) is 14.6 Å². The van der Waals surface area contributed by atoms with Crippen LogP contribution in [0.5, 0.6) is 0 Å². The van der Waals surface area contributed by atoms with Crippen LogP contribution in [0.3, 0.4) is 0 Å². The van der Waals surface area contributed by atoms with Crippen molar-refractivity contribution in [2.24, 2.45) is 5.41 Å². The maximum atomic E-state index is 12.2. The zero-order valence-electron chi connectivity index (χ0n) is 13.3. The molecule has 0 bridgehead atoms. The predicted molar refractivity (Wildman–Crippen MR) is 87.4 cm³/mol. The van der Waals surface area contributed by atoms with E-state index in [1.165, 1.54) is 0 Å². The summed E-state index contributed by atoms with van der Waals surface area (Å²) < 4.78 is 0. The van der Waals surface area contributed by atoms with Gasteiger partial charge in [-0.1, -0.05) is 39.0 Å². The molecule has 0 fully saturated rings. The average Bonchev–Trinajstić information content (AvgIpc) is 2.46. The standard InChI is InChI=1S/C17H21N3O2/c1-11(19-16(22)17(2,3)4)15(21)20-13-9-12-7-5-6-8-14(12)18-10-13/h5-11H,1-4H3,(H,19,22)(H,20,21)/t11-/m1/s1. The smallest absolute Gasteiger partial charge is 0.246 e. The van der Waals surface area contributed by atoms with E-state index in [1.807, 2.05) is 30.3 Å². The number of benzene rings is 1. The summed E-state index contributed by atoms with van der Waals surface area (Å²) in [7, 11) is 0. The fourth-order valence-corrected chi connectivity index (χ4v) is 1.87. The number of amides is 2. The van der Waals surface area contributed by atoms with Crippen molar-refractivity contribution in [2.75, 3.05) is 5.32 Å². The number of anilines is 1. The van der Waals surface area contributed by atoms with Crippen molar-refractivity contribution in [3.05, 3.63) is 36.5 Å². The molecular weight excluding hydrogens is 278 g/mol. The summed E-state index contributed by atoms with van der Waals surface area (Å²) in [6.45, 7) is 7.08. The topological polar surface area (TPSA) is 71.1 Å². The molecule has 1 atom stereocenters. The molecule has 1 aromatic heterocycles. The summed E-state index contributed by atoms with van der Waals surface area (Å²) in [6.07, 6.45) is 1.61. The van der Waals surface area contributed by atoms with Gasteiger partial charge in [0.05, 0.1) is 17.4 Å². The number of hydrogen-bond acceptors (Lipinski definition) is 3. The second kappa shape index (κ2) is 6.13. The third kappa shape index (κ3) is 3.81. The van der Waals surface area contributed by atoms with E-state index in [1.54, 1.807) is 33.9 Å². The first-order valence-corrected chi connectivity index (χ1v) is 7.24. The van der Waals surface area contributed by atoms with Gasteiger partial charge in [0.25, 0.3) is 0 Å². The Morgan fingerprint density at radius 1 is 1.18 bits per heavy atom. The lowest BCUT2D eigenvalue weighted by molar-refractivity contribution is -0.131. The first kappa shape index (κ1) is 15.9. The van der Waals surface area contributed by atoms with E-state index in [9.17, 15) is 9.59 Å². The summed E-state index contributed by atoms with van der Waals surface area (Å²) in [5, 5.41) is 6.43. The summed E-state index contributed by atoms with van der Waals surface area (Å²) >= 11 is 0. The van der Waals surface area contributed by atoms with Gasteiger partial charge in [0.15, 0.2) is 0 Å². The molecule has 2 aromatic rings. The van der Waals surface area contributed by atoms with Crippen LogP contribution in [0.25, 0.3) is 10.9 Å². The number of rotatable bonds is 3. The lowest BCUT2D eigenvalue weighted by atomic mass is 9.95. The van der Waals surface area contributed by atoms with Crippen LogP contribution in [0, 0.1) is 5.41 Å². The number of aromatic nitrogens is 1. The number of para-hydroxylation sites is 1. The van der Waals surface area contributed by atoms with Crippen molar-refractivity contribution >= 4 is 28.4 Å². The number of nitrogens with one attached hydrogen (secondary N) is 2. The van der Waals surface area contributed by atoms with E-state index in [0.717, 1.165) is 10.9 Å². The van der Waals surface area contributed by atoms with Gasteiger partial charge in [0.1, 0.15) is 6.04 Å². The first-order chi connectivity index (χ1) is 10.3. The molecule has 0 radical (unpaired) electrons. The quantitative estimate of drug-likeness (QED) is 0.915. The summed E-state index contributed by atoms with van der Waals surface area (Å²) in [4.78, 5) is 28.4. The lowest BCUT2D eigenvalue weighted by Crippen LogP contribution is -2.46. The summed E-state index contributed by atoms with van der Waals surface area (Å²) in [5.74, 6) is -0.429. The van der Waals surface area contributed by atoms with Crippen LogP contribution >= 0.6 is 0 Å². The molecule has 1 aromatic carbocycles. The SMILES string of the molecule is C[C@@H](NC(=O)C(C)(C)C)C(=O)Nc1cnc2ccccc2c1. The minimum Gasteiger partial charge on any atom is -0.344 e. The Hall–Kier alpha value is -2.43. The monoisotopic (exact) mass is 299 g/mol. The maximum Gasteiger partial charge on any atom is 0.246 e. The molecule has 5 nitrogen and oxygen atoms in total. The van der Waals surface area contributed by atoms with E-state index in [2.05, 4.69) is 15.6 Å². The van der Waals surface area contributed by atoms with Crippen molar-refractivity contribution in [3.63, 3.8) is 0 Å². The molecule has 0 spiro atoms. The third-order valence-electron chi connectivity index (χ3n) is 3.28. The molecule has 0 saturated heterocycles. The van der Waals surface area contributed by atoms with E-state index < -0.39 is 11.5 Å². The highest BCUT2D eigenvalue weighted by Crippen LogP contribution is 2.16. The molecule has 0 saturated carbocycles. The van der Waals surface area contributed by atoms with Crippen LogP contribution in [0.15, 0.2) is 36.5 Å². The molecule has 2 amide bonds. The number of pyridine rings is 1. The van der Waals surface area contributed by atoms with Gasteiger partial charge in [0, 0.05) is 10.8 Å². The summed E-state index contributed by atoms with van der Waals surface area (Å²) in [6, 6.07) is 8.92. The zero-order chi connectivity index (χ0) is 16.3. The molecule has 22 heavy (non-hydrogen) atoms. The number of hydrogen-bond donors (Lipinski definition) is 2. The number of nitrogens with zero attached hydrogens (tertiary/aromatic N) is 1. The van der Waals surface area contributed by atoms with E-state index >= 15 is 0 Å². The molecule has 2 N–H and O–H groups in total. The molecule has 0 aliphatic rings. The number of fused-ring (bicyclic) bond motifs is 1. The van der Waals surface area contributed by atoms with Gasteiger partial charge < -0.3 is 10.6 Å². The Kier molecular flexibility index (Phi) is 4.45. The highest BCUT2D eigenvalue weighted by molar-refractivity contribution is 5.98. The van der Waals surface area contributed by atoms with Crippen molar-refractivity contribution < 1.29 is 9.59 Å². The minimum absolute atomic E-state index is 0.160. The van der Waals surface area contributed by atoms with Gasteiger partial charge in [-0.15, -0.1) is 0 Å². The molecular formula is C17H21N3O2. The second-order valence-electron chi connectivity index (χ2n) is 6.35. The van der Waals surface area contributed by atoms with Gasteiger partial charge in [0.2, 0.25) is 11.8 Å². The molecule has 0 unspecified atom stereocenters. The van der Waals surface area contributed by atoms with Crippen LogP contribution in [-0.4, -0.2) is 22.8 Å². The largest absolute Gasteiger partial charge is 0.344 e. The van der Waals surface area contributed by atoms with Crippen molar-refractivity contribution in [1.82, 2.24) is 10.3 Å². The second-order valence-corrected chi connectivity index (χ2v) is 6.35. The normalized spacial score (nSPS) is 12.7. The van der Waals surface area contributed by atoms with Gasteiger partial charge in [-0.05, 0) is 19.1 Å². The third-order valence-corrected chi connectivity index (χ3v) is 3.28. The van der Waals surface area contributed by atoms with E-state index in [0.29, 0.717) is 5.69 Å². The Bertz CT molecular complexity index is 704. The van der Waals surface area contributed by atoms with Crippen molar-refractivity contribution in [3.8, 4) is 0 Å². The fourth-order valence-electron chi connectivity index (χ4n) is 1.87. The van der Waals surface area contributed by atoms with E-state index in [-0.39, 0.29) is 11.8 Å². The molecule has 1 heterocycles. The first-order valence-electron chi connectivity index (χ1n) is 7.24. The fraction of sp³-hybridized carbons (Fsp3) is 0.353. The minimum atomic E-state index is -0.613. The van der Waals surface area contributed by atoms with Gasteiger partial charge in [-0.2, -0.15) is 0 Å². The molecule has 116 valence electrons. The average molecular weight is 299 g/mol. The van der Waals surface area contributed by atoms with Crippen LogP contribution in [0.1, 0.15) is 27.7 Å². The number of carbonyl (C=O) groups is 2. The molecule has 5 heteroatoms. The Labute approximate surface area is 130 Å². The lowest BCUT2D eigenvalue weighted by Gasteiger charge is -2.21. The number of carbonyl (C=O) groups excluding carboxylic acids is 2. The van der Waals surface area contributed by atoms with Crippen molar-refractivity contribution in [1.29, 1.82) is 0 Å². The predicted octanol–water partition coefficient (Wildman–Crippen LogP) is 2.72. The zero-order valence-corrected chi connectivity index (χ0v) is 13.3. The van der Waals surface area contributed by atoms with Gasteiger partial charge in [-0.25, -0.2) is 0 Å². The summed E-state index contributed by atoms with van der Waals surface area (Å²) in [5.41, 5.74) is 0.953. The Morgan fingerprint density at radius 3 is 2.55 bits per heavy atom. The van der Waals surface area contributed by atoms with Gasteiger partial charge >= 0.3 is 0 Å². The van der Waals surface area contributed by atoms with Crippen LogP contribution < -0.4 is 10.6 Å². The maximum absolute atomic E-state index is 12.2. The highest BCUT2D eigenvalue weighted by Gasteiger charge is 2.25. The van der Waals surface area contributed by atoms with Crippen LogP contribution in [0.4, 0.5) is 5.69 Å². The Balaban J connectivity index is 2.05. The molecule has 2 rings (SSSR count). The molecule has 0 aliphatic carbocycles. The van der Waals surface area contributed by atoms with Crippen LogP contribution in [-0.2, 0) is 9.59 Å². The molecule has 0 aliphatic heterocycles. The van der Waals surface area contributed by atoms with Crippen molar-refractivity contribution in [2.45, 2.75) is 33.7 Å². The Morgan fingerprint density at radius 2 is 1.86 bits per heavy atom. The van der Waals surface area contributed by atoms with E-state index in [4.69, 9.17) is 0 Å².